The van der Waals surface area contributed by atoms with Crippen molar-refractivity contribution in [2.24, 2.45) is 0 Å². The zero-order chi connectivity index (χ0) is 10.8. The Labute approximate surface area is 93.5 Å². The van der Waals surface area contributed by atoms with E-state index < -0.39 is 0 Å². The van der Waals surface area contributed by atoms with Crippen LogP contribution >= 0.6 is 0 Å². The van der Waals surface area contributed by atoms with Crippen molar-refractivity contribution in [2.75, 3.05) is 0 Å². The van der Waals surface area contributed by atoms with Crippen molar-refractivity contribution >= 4 is 0 Å². The molecule has 1 aliphatic rings. The maximum Gasteiger partial charge on any atom is 0.158 e. The quantitative estimate of drug-likeness (QED) is 0.729. The van der Waals surface area contributed by atoms with E-state index >= 15 is 0 Å². The van der Waals surface area contributed by atoms with Crippen molar-refractivity contribution < 1.29 is 9.68 Å². The first kappa shape index (κ1) is 9.39. The van der Waals surface area contributed by atoms with Gasteiger partial charge in [0, 0.05) is 5.56 Å². The minimum atomic E-state index is 0.491. The molecule has 0 bridgehead atoms. The zero-order valence-electron chi connectivity index (χ0n) is 8.64. The van der Waals surface area contributed by atoms with Gasteiger partial charge in [0.1, 0.15) is 0 Å². The van der Waals surface area contributed by atoms with Crippen molar-refractivity contribution in [3.05, 3.63) is 54.1 Å². The topological polar surface area (TPSA) is 30.5 Å². The summed E-state index contributed by atoms with van der Waals surface area (Å²) in [5, 5.41) is 0. The summed E-state index contributed by atoms with van der Waals surface area (Å²) in [4.78, 5) is 10.5. The van der Waals surface area contributed by atoms with E-state index in [1.807, 2.05) is 36.4 Å². The summed E-state index contributed by atoms with van der Waals surface area (Å²) in [6, 6.07) is 16.0. The third kappa shape index (κ3) is 1.56. The fourth-order valence-corrected chi connectivity index (χ4v) is 1.87. The highest BCUT2D eigenvalue weighted by molar-refractivity contribution is 5.73. The van der Waals surface area contributed by atoms with Crippen LogP contribution in [0.1, 0.15) is 5.56 Å². The number of nitrogens with one attached hydrogen (secondary N) is 1. The molecule has 2 aromatic rings. The third-order valence-electron chi connectivity index (χ3n) is 2.63. The Bertz CT molecular complexity index is 463. The molecule has 1 heterocycles. The SMILES string of the molecule is c1ccc2c(c1)CONOc1ccccc1-2. The first-order valence-electron chi connectivity index (χ1n) is 5.16. The molecule has 3 rings (SSSR count). The molecule has 16 heavy (non-hydrogen) atoms. The molecule has 80 valence electrons. The highest BCUT2D eigenvalue weighted by Gasteiger charge is 2.12. The standard InChI is InChI=1S/C13H11NO2/c1-2-6-11-10(5-1)9-15-14-16-13-8-4-3-7-12(11)13/h1-8,14H,9H2. The average molecular weight is 213 g/mol. The van der Waals surface area contributed by atoms with Gasteiger partial charge in [-0.05, 0) is 22.8 Å². The lowest BCUT2D eigenvalue weighted by Crippen LogP contribution is -2.21. The smallest absolute Gasteiger partial charge is 0.158 e. The lowest BCUT2D eigenvalue weighted by molar-refractivity contribution is -0.116. The highest BCUT2D eigenvalue weighted by atomic mass is 16.9. The molecule has 0 spiro atoms. The molecule has 0 saturated carbocycles. The average Bonchev–Trinajstić information content (AvgIpc) is 2.33. The molecule has 1 N–H and O–H groups in total. The summed E-state index contributed by atoms with van der Waals surface area (Å²) in [7, 11) is 0. The molecular weight excluding hydrogens is 202 g/mol. The van der Waals surface area contributed by atoms with Gasteiger partial charge in [-0.3, -0.25) is 4.84 Å². The second-order valence-corrected chi connectivity index (χ2v) is 3.63. The van der Waals surface area contributed by atoms with E-state index in [-0.39, 0.29) is 0 Å². The molecule has 0 aromatic heterocycles. The van der Waals surface area contributed by atoms with Crippen LogP contribution in [0.4, 0.5) is 0 Å². The molecule has 0 atom stereocenters. The van der Waals surface area contributed by atoms with Crippen LogP contribution in [0.5, 0.6) is 5.75 Å². The predicted molar refractivity (Wildman–Crippen MR) is 60.4 cm³/mol. The Morgan fingerprint density at radius 1 is 0.875 bits per heavy atom. The van der Waals surface area contributed by atoms with Crippen LogP contribution in [0.2, 0.25) is 0 Å². The van der Waals surface area contributed by atoms with E-state index in [2.05, 4.69) is 17.8 Å². The van der Waals surface area contributed by atoms with Crippen LogP contribution in [-0.4, -0.2) is 0 Å². The molecule has 0 amide bonds. The normalized spacial score (nSPS) is 14.0. The fraction of sp³-hybridized carbons (Fsp3) is 0.0769. The van der Waals surface area contributed by atoms with Gasteiger partial charge in [0.2, 0.25) is 0 Å². The maximum absolute atomic E-state index is 5.31. The Morgan fingerprint density at radius 2 is 1.62 bits per heavy atom. The molecule has 0 fully saturated rings. The van der Waals surface area contributed by atoms with Crippen molar-refractivity contribution in [1.82, 2.24) is 5.64 Å². The van der Waals surface area contributed by atoms with Gasteiger partial charge in [-0.2, -0.15) is 0 Å². The van der Waals surface area contributed by atoms with E-state index in [1.165, 1.54) is 0 Å². The van der Waals surface area contributed by atoms with Gasteiger partial charge in [0.25, 0.3) is 0 Å². The van der Waals surface area contributed by atoms with Crippen molar-refractivity contribution in [3.8, 4) is 16.9 Å². The second kappa shape index (κ2) is 3.96. The van der Waals surface area contributed by atoms with Gasteiger partial charge in [-0.25, -0.2) is 0 Å². The van der Waals surface area contributed by atoms with E-state index in [0.717, 1.165) is 22.4 Å². The zero-order valence-corrected chi connectivity index (χ0v) is 8.64. The highest BCUT2D eigenvalue weighted by Crippen LogP contribution is 2.33. The van der Waals surface area contributed by atoms with Crippen molar-refractivity contribution in [2.45, 2.75) is 6.61 Å². The molecule has 0 aliphatic carbocycles. The Kier molecular flexibility index (Phi) is 2.33. The molecular formula is C13H11NO2. The first-order valence-corrected chi connectivity index (χ1v) is 5.16. The second-order valence-electron chi connectivity index (χ2n) is 3.63. The summed E-state index contributed by atoms with van der Waals surface area (Å²) in [5.74, 6) is 0.773. The number of para-hydroxylation sites is 1. The number of hydrogen-bond acceptors (Lipinski definition) is 3. The number of benzene rings is 2. The fourth-order valence-electron chi connectivity index (χ4n) is 1.87. The van der Waals surface area contributed by atoms with Crippen LogP contribution in [-0.2, 0) is 11.4 Å². The van der Waals surface area contributed by atoms with Crippen LogP contribution in [0.25, 0.3) is 11.1 Å². The molecule has 0 unspecified atom stereocenters. The lowest BCUT2D eigenvalue weighted by atomic mass is 9.99. The lowest BCUT2D eigenvalue weighted by Gasteiger charge is -2.17. The molecule has 1 aliphatic heterocycles. The summed E-state index contributed by atoms with van der Waals surface area (Å²) in [6.45, 7) is 0.491. The Hall–Kier alpha value is -1.84. The summed E-state index contributed by atoms with van der Waals surface area (Å²) in [5.41, 5.74) is 5.86. The molecule has 3 heteroatoms. The van der Waals surface area contributed by atoms with Crippen molar-refractivity contribution in [3.63, 3.8) is 0 Å². The number of hydrogen-bond donors (Lipinski definition) is 1. The minimum absolute atomic E-state index is 0.491. The Morgan fingerprint density at radius 3 is 2.56 bits per heavy atom. The predicted octanol–water partition coefficient (Wildman–Crippen LogP) is 2.68. The van der Waals surface area contributed by atoms with Crippen LogP contribution in [0.15, 0.2) is 48.5 Å². The van der Waals surface area contributed by atoms with Crippen LogP contribution in [0, 0.1) is 0 Å². The van der Waals surface area contributed by atoms with Gasteiger partial charge in [0.05, 0.1) is 6.61 Å². The molecule has 2 aromatic carbocycles. The largest absolute Gasteiger partial charge is 0.383 e. The van der Waals surface area contributed by atoms with Gasteiger partial charge in [-0.15, -0.1) is 0 Å². The molecule has 0 saturated heterocycles. The van der Waals surface area contributed by atoms with E-state index in [9.17, 15) is 0 Å². The third-order valence-corrected chi connectivity index (χ3v) is 2.63. The van der Waals surface area contributed by atoms with Gasteiger partial charge >= 0.3 is 0 Å². The minimum Gasteiger partial charge on any atom is -0.383 e. The van der Waals surface area contributed by atoms with Crippen LogP contribution < -0.4 is 10.5 Å². The maximum atomic E-state index is 5.31. The Balaban J connectivity index is 2.22. The van der Waals surface area contributed by atoms with Crippen LogP contribution in [0.3, 0.4) is 0 Å². The number of fused-ring (bicyclic) bond motifs is 3. The van der Waals surface area contributed by atoms with Gasteiger partial charge in [0.15, 0.2) is 5.75 Å². The summed E-state index contributed by atoms with van der Waals surface area (Å²) < 4.78 is 0. The number of rotatable bonds is 0. The molecule has 0 radical (unpaired) electrons. The van der Waals surface area contributed by atoms with Gasteiger partial charge in [-0.1, -0.05) is 42.5 Å². The summed E-state index contributed by atoms with van der Waals surface area (Å²) >= 11 is 0. The molecule has 3 nitrogen and oxygen atoms in total. The van der Waals surface area contributed by atoms with Crippen molar-refractivity contribution in [1.29, 1.82) is 0 Å². The van der Waals surface area contributed by atoms with E-state index in [0.29, 0.717) is 6.61 Å². The monoisotopic (exact) mass is 213 g/mol. The summed E-state index contributed by atoms with van der Waals surface area (Å²) in [6.07, 6.45) is 0. The van der Waals surface area contributed by atoms with E-state index in [4.69, 9.17) is 9.68 Å². The van der Waals surface area contributed by atoms with Gasteiger partial charge < -0.3 is 4.84 Å². The first-order chi connectivity index (χ1) is 7.95. The van der Waals surface area contributed by atoms with E-state index in [1.54, 1.807) is 0 Å².